The summed E-state index contributed by atoms with van der Waals surface area (Å²) < 4.78 is 14.6. The number of carbonyl (C=O) groups is 1. The van der Waals surface area contributed by atoms with Crippen molar-refractivity contribution in [2.75, 3.05) is 41.8 Å². The van der Waals surface area contributed by atoms with Gasteiger partial charge in [0.05, 0.1) is 5.75 Å². The number of aromatic nitrogens is 5. The zero-order valence-corrected chi connectivity index (χ0v) is 19.0. The predicted octanol–water partition coefficient (Wildman–Crippen LogP) is 2.91. The molecule has 0 atom stereocenters. The van der Waals surface area contributed by atoms with E-state index in [-0.39, 0.29) is 17.5 Å². The van der Waals surface area contributed by atoms with Crippen LogP contribution >= 0.6 is 23.5 Å². The van der Waals surface area contributed by atoms with E-state index in [9.17, 15) is 9.18 Å². The lowest BCUT2D eigenvalue weighted by Crippen LogP contribution is -2.26. The molecule has 3 N–H and O–H groups in total. The van der Waals surface area contributed by atoms with Crippen molar-refractivity contribution in [2.45, 2.75) is 30.3 Å². The summed E-state index contributed by atoms with van der Waals surface area (Å²) in [4.78, 5) is 22.0. The van der Waals surface area contributed by atoms with Crippen molar-refractivity contribution in [1.82, 2.24) is 29.9 Å². The molecule has 0 aliphatic heterocycles. The van der Waals surface area contributed by atoms with Gasteiger partial charge in [0.15, 0.2) is 5.16 Å². The van der Waals surface area contributed by atoms with Crippen molar-refractivity contribution in [1.29, 1.82) is 0 Å². The molecule has 0 spiro atoms. The van der Waals surface area contributed by atoms with E-state index in [1.165, 1.54) is 23.9 Å². The summed E-state index contributed by atoms with van der Waals surface area (Å²) in [5.74, 6) is 2.21. The molecule has 0 unspecified atom stereocenters. The highest BCUT2D eigenvalue weighted by atomic mass is 32.2. The van der Waals surface area contributed by atoms with Crippen molar-refractivity contribution in [3.63, 3.8) is 0 Å². The highest BCUT2D eigenvalue weighted by molar-refractivity contribution is 7.99. The Hall–Kier alpha value is -2.60. The maximum absolute atomic E-state index is 12.9. The number of thioether (sulfide) groups is 2. The Kier molecular flexibility index (Phi) is 8.71. The summed E-state index contributed by atoms with van der Waals surface area (Å²) in [6.45, 7) is 5.88. The molecule has 0 saturated heterocycles. The first-order valence-electron chi connectivity index (χ1n) is 9.99. The normalized spacial score (nSPS) is 10.9. The minimum Gasteiger partial charge on any atom is -0.355 e. The topological polar surface area (TPSA) is 109 Å². The molecule has 0 radical (unpaired) electrons. The first kappa shape index (κ1) is 23.1. The molecule has 31 heavy (non-hydrogen) atoms. The number of amides is 1. The number of halogens is 1. The Labute approximate surface area is 188 Å². The number of carbonyl (C=O) groups excluding carboxylic acids is 1. The lowest BCUT2D eigenvalue weighted by Gasteiger charge is -2.09. The number of benzene rings is 1. The summed E-state index contributed by atoms with van der Waals surface area (Å²) in [7, 11) is 0. The quantitative estimate of drug-likeness (QED) is 0.275. The SMILES string of the molecule is CCNc1nc(NCC)n2c(SCC(=O)NCCCSc3ccc(F)cc3)nnc2n1. The van der Waals surface area contributed by atoms with E-state index in [0.717, 1.165) is 17.1 Å². The average molecular weight is 465 g/mol. The molecule has 166 valence electrons. The number of rotatable bonds is 12. The van der Waals surface area contributed by atoms with E-state index in [1.54, 1.807) is 28.3 Å². The van der Waals surface area contributed by atoms with Crippen molar-refractivity contribution < 1.29 is 9.18 Å². The first-order chi connectivity index (χ1) is 15.1. The van der Waals surface area contributed by atoms with Gasteiger partial charge in [0, 0.05) is 24.5 Å². The Balaban J connectivity index is 1.47. The summed E-state index contributed by atoms with van der Waals surface area (Å²) >= 11 is 2.92. The molecule has 3 aromatic rings. The molecule has 1 amide bonds. The van der Waals surface area contributed by atoms with Gasteiger partial charge in [0.2, 0.25) is 17.8 Å². The number of hydrogen-bond donors (Lipinski definition) is 3. The molecule has 0 saturated carbocycles. The summed E-state index contributed by atoms with van der Waals surface area (Å²) in [5.41, 5.74) is 0. The molecule has 12 heteroatoms. The van der Waals surface area contributed by atoms with Gasteiger partial charge in [0.25, 0.3) is 5.78 Å². The third-order valence-corrected chi connectivity index (χ3v) is 6.00. The van der Waals surface area contributed by atoms with Crippen LogP contribution in [-0.4, -0.2) is 61.6 Å². The van der Waals surface area contributed by atoms with Crippen LogP contribution < -0.4 is 16.0 Å². The van der Waals surface area contributed by atoms with Gasteiger partial charge in [0.1, 0.15) is 5.82 Å². The maximum Gasteiger partial charge on any atom is 0.261 e. The van der Waals surface area contributed by atoms with E-state index < -0.39 is 0 Å². The average Bonchev–Trinajstić information content (AvgIpc) is 3.17. The molecule has 0 bridgehead atoms. The summed E-state index contributed by atoms with van der Waals surface area (Å²) in [6, 6.07) is 6.40. The van der Waals surface area contributed by atoms with Gasteiger partial charge in [-0.15, -0.1) is 22.0 Å². The Morgan fingerprint density at radius 3 is 2.58 bits per heavy atom. The molecule has 3 rings (SSSR count). The van der Waals surface area contributed by atoms with Gasteiger partial charge in [-0.05, 0) is 50.3 Å². The minimum absolute atomic E-state index is 0.0799. The largest absolute Gasteiger partial charge is 0.355 e. The number of nitrogens with one attached hydrogen (secondary N) is 3. The molecule has 2 aromatic heterocycles. The highest BCUT2D eigenvalue weighted by Gasteiger charge is 2.15. The third kappa shape index (κ3) is 6.69. The van der Waals surface area contributed by atoms with Crippen LogP contribution in [0.15, 0.2) is 34.3 Å². The Morgan fingerprint density at radius 1 is 1.06 bits per heavy atom. The fraction of sp³-hybridized carbons (Fsp3) is 0.421. The van der Waals surface area contributed by atoms with Gasteiger partial charge in [-0.3, -0.25) is 4.79 Å². The van der Waals surface area contributed by atoms with E-state index in [2.05, 4.69) is 36.1 Å². The highest BCUT2D eigenvalue weighted by Crippen LogP contribution is 2.21. The van der Waals surface area contributed by atoms with Crippen LogP contribution in [0.2, 0.25) is 0 Å². The van der Waals surface area contributed by atoms with Gasteiger partial charge in [-0.2, -0.15) is 9.97 Å². The molecule has 9 nitrogen and oxygen atoms in total. The molecule has 0 aliphatic carbocycles. The molecule has 0 aliphatic rings. The predicted molar refractivity (Wildman–Crippen MR) is 122 cm³/mol. The maximum atomic E-state index is 12.9. The van der Waals surface area contributed by atoms with Gasteiger partial charge in [-0.1, -0.05) is 11.8 Å². The van der Waals surface area contributed by atoms with Crippen molar-refractivity contribution in [3.8, 4) is 0 Å². The van der Waals surface area contributed by atoms with Crippen LogP contribution in [0.4, 0.5) is 16.3 Å². The van der Waals surface area contributed by atoms with Crippen LogP contribution in [0.5, 0.6) is 0 Å². The van der Waals surface area contributed by atoms with Crippen molar-refractivity contribution >= 4 is 47.1 Å². The first-order valence-corrected chi connectivity index (χ1v) is 12.0. The second-order valence-electron chi connectivity index (χ2n) is 6.34. The monoisotopic (exact) mass is 464 g/mol. The van der Waals surface area contributed by atoms with E-state index in [1.807, 2.05) is 13.8 Å². The lowest BCUT2D eigenvalue weighted by molar-refractivity contribution is -0.118. The van der Waals surface area contributed by atoms with Gasteiger partial charge >= 0.3 is 0 Å². The van der Waals surface area contributed by atoms with Crippen LogP contribution in [0.25, 0.3) is 5.78 Å². The Morgan fingerprint density at radius 2 is 1.84 bits per heavy atom. The molecule has 0 fully saturated rings. The number of hydrogen-bond acceptors (Lipinski definition) is 9. The van der Waals surface area contributed by atoms with Gasteiger partial charge in [-0.25, -0.2) is 8.79 Å². The number of nitrogens with zero attached hydrogens (tertiary/aromatic N) is 5. The zero-order chi connectivity index (χ0) is 22.1. The van der Waals surface area contributed by atoms with Crippen LogP contribution in [-0.2, 0) is 4.79 Å². The van der Waals surface area contributed by atoms with Crippen LogP contribution in [0.3, 0.4) is 0 Å². The fourth-order valence-electron chi connectivity index (χ4n) is 2.60. The zero-order valence-electron chi connectivity index (χ0n) is 17.4. The molecular weight excluding hydrogens is 439 g/mol. The van der Waals surface area contributed by atoms with Crippen LogP contribution in [0, 0.1) is 5.82 Å². The second kappa shape index (κ2) is 11.7. The molecular formula is C19H25FN8OS2. The molecule has 2 heterocycles. The Bertz CT molecular complexity index is 998. The van der Waals surface area contributed by atoms with Crippen LogP contribution in [0.1, 0.15) is 20.3 Å². The van der Waals surface area contributed by atoms with Gasteiger partial charge < -0.3 is 16.0 Å². The number of anilines is 2. The summed E-state index contributed by atoms with van der Waals surface area (Å²) in [6.07, 6.45) is 0.817. The standard InChI is InChI=1S/C19H25FN8OS2/c1-3-21-16-24-17(22-4-2)28-18(25-16)26-27-19(28)31-12-15(29)23-10-5-11-30-14-8-6-13(20)7-9-14/h6-9H,3-5,10-12H2,1-2H3,(H,23,29)(H2,21,22,24,25,26). The van der Waals surface area contributed by atoms with Crippen molar-refractivity contribution in [2.24, 2.45) is 0 Å². The minimum atomic E-state index is -0.239. The fourth-order valence-corrected chi connectivity index (χ4v) is 4.21. The van der Waals surface area contributed by atoms with E-state index >= 15 is 0 Å². The van der Waals surface area contributed by atoms with E-state index in [0.29, 0.717) is 42.5 Å². The number of fused-ring (bicyclic) bond motifs is 1. The smallest absolute Gasteiger partial charge is 0.261 e. The van der Waals surface area contributed by atoms with Crippen molar-refractivity contribution in [3.05, 3.63) is 30.1 Å². The lowest BCUT2D eigenvalue weighted by atomic mass is 10.4. The molecule has 1 aromatic carbocycles. The van der Waals surface area contributed by atoms with E-state index in [4.69, 9.17) is 0 Å². The summed E-state index contributed by atoms with van der Waals surface area (Å²) in [5, 5.41) is 18.0. The third-order valence-electron chi connectivity index (χ3n) is 3.97. The second-order valence-corrected chi connectivity index (χ2v) is 8.45.